The monoisotopic (exact) mass is 278 g/mol. The van der Waals surface area contributed by atoms with Gasteiger partial charge in [-0.2, -0.15) is 17.4 Å². The third-order valence-electron chi connectivity index (χ3n) is 3.73. The maximum atomic E-state index is 12.0. The molecule has 0 aliphatic heterocycles. The SMILES string of the molecule is CC(NS(=O)(=O)N(C)CCCO)C1CCCCC1. The molecule has 108 valence electrons. The van der Waals surface area contributed by atoms with E-state index in [0.29, 0.717) is 18.9 Å². The van der Waals surface area contributed by atoms with Crippen LogP contribution in [0.15, 0.2) is 0 Å². The van der Waals surface area contributed by atoms with E-state index in [1.807, 2.05) is 6.92 Å². The van der Waals surface area contributed by atoms with Crippen molar-refractivity contribution in [3.63, 3.8) is 0 Å². The van der Waals surface area contributed by atoms with Gasteiger partial charge in [-0.25, -0.2) is 0 Å². The van der Waals surface area contributed by atoms with E-state index in [1.165, 1.54) is 23.6 Å². The van der Waals surface area contributed by atoms with E-state index < -0.39 is 10.2 Å². The average molecular weight is 278 g/mol. The van der Waals surface area contributed by atoms with Crippen molar-refractivity contribution in [2.45, 2.75) is 51.5 Å². The molecule has 0 bridgehead atoms. The van der Waals surface area contributed by atoms with Crippen LogP contribution in [-0.4, -0.2) is 44.1 Å². The highest BCUT2D eigenvalue weighted by Gasteiger charge is 2.26. The quantitative estimate of drug-likeness (QED) is 0.733. The van der Waals surface area contributed by atoms with Gasteiger partial charge in [-0.05, 0) is 32.1 Å². The lowest BCUT2D eigenvalue weighted by Crippen LogP contribution is -2.46. The first-order valence-corrected chi connectivity index (χ1v) is 8.26. The maximum absolute atomic E-state index is 12.0. The molecular formula is C12H26N2O3S. The summed E-state index contributed by atoms with van der Waals surface area (Å²) >= 11 is 0. The summed E-state index contributed by atoms with van der Waals surface area (Å²) < 4.78 is 28.1. The Balaban J connectivity index is 2.47. The normalized spacial score (nSPS) is 20.2. The zero-order valence-electron chi connectivity index (χ0n) is 11.4. The van der Waals surface area contributed by atoms with Crippen LogP contribution in [0.4, 0.5) is 0 Å². The maximum Gasteiger partial charge on any atom is 0.279 e. The van der Waals surface area contributed by atoms with Crippen LogP contribution in [0.3, 0.4) is 0 Å². The lowest BCUT2D eigenvalue weighted by molar-refractivity contribution is 0.272. The number of nitrogens with zero attached hydrogens (tertiary/aromatic N) is 1. The van der Waals surface area contributed by atoms with Gasteiger partial charge in [0.05, 0.1) is 0 Å². The molecule has 1 saturated carbocycles. The summed E-state index contributed by atoms with van der Waals surface area (Å²) in [7, 11) is -1.86. The fourth-order valence-electron chi connectivity index (χ4n) is 2.47. The van der Waals surface area contributed by atoms with E-state index in [0.717, 1.165) is 12.8 Å². The van der Waals surface area contributed by atoms with Crippen LogP contribution in [0.1, 0.15) is 45.4 Å². The second kappa shape index (κ2) is 7.43. The predicted molar refractivity (Wildman–Crippen MR) is 72.4 cm³/mol. The van der Waals surface area contributed by atoms with Crippen molar-refractivity contribution in [2.75, 3.05) is 20.2 Å². The molecule has 1 unspecified atom stereocenters. The van der Waals surface area contributed by atoms with Crippen molar-refractivity contribution < 1.29 is 13.5 Å². The summed E-state index contributed by atoms with van der Waals surface area (Å²) in [5, 5.41) is 8.72. The molecule has 0 spiro atoms. The standard InChI is InChI=1S/C12H26N2O3S/c1-11(12-7-4-3-5-8-12)13-18(16,17)14(2)9-6-10-15/h11-13,15H,3-10H2,1-2H3. The molecule has 1 aliphatic rings. The average Bonchev–Trinajstić information content (AvgIpc) is 2.36. The molecule has 0 aromatic rings. The van der Waals surface area contributed by atoms with Gasteiger partial charge in [0, 0.05) is 26.2 Å². The van der Waals surface area contributed by atoms with Gasteiger partial charge in [0.1, 0.15) is 0 Å². The third kappa shape index (κ3) is 4.84. The van der Waals surface area contributed by atoms with Gasteiger partial charge in [0.25, 0.3) is 10.2 Å². The fourth-order valence-corrected chi connectivity index (χ4v) is 3.68. The number of rotatable bonds is 7. The summed E-state index contributed by atoms with van der Waals surface area (Å²) in [4.78, 5) is 0. The van der Waals surface area contributed by atoms with Crippen LogP contribution in [0, 0.1) is 5.92 Å². The number of nitrogens with one attached hydrogen (secondary N) is 1. The summed E-state index contributed by atoms with van der Waals surface area (Å²) in [6, 6.07) is -0.00752. The largest absolute Gasteiger partial charge is 0.396 e. The van der Waals surface area contributed by atoms with Crippen LogP contribution in [0.25, 0.3) is 0 Å². The Morgan fingerprint density at radius 1 is 1.33 bits per heavy atom. The molecule has 1 rings (SSSR count). The van der Waals surface area contributed by atoms with E-state index in [1.54, 1.807) is 7.05 Å². The molecule has 1 aliphatic carbocycles. The molecule has 1 fully saturated rings. The van der Waals surface area contributed by atoms with Gasteiger partial charge in [-0.3, -0.25) is 0 Å². The second-order valence-electron chi connectivity index (χ2n) is 5.21. The first-order chi connectivity index (χ1) is 8.47. The molecule has 1 atom stereocenters. The molecular weight excluding hydrogens is 252 g/mol. The van der Waals surface area contributed by atoms with Gasteiger partial charge >= 0.3 is 0 Å². The Hall–Kier alpha value is -0.170. The summed E-state index contributed by atoms with van der Waals surface area (Å²) in [5.41, 5.74) is 0. The number of hydrogen-bond acceptors (Lipinski definition) is 3. The van der Waals surface area contributed by atoms with Gasteiger partial charge in [-0.15, -0.1) is 0 Å². The number of hydrogen-bond donors (Lipinski definition) is 2. The molecule has 6 heteroatoms. The molecule has 0 heterocycles. The van der Waals surface area contributed by atoms with E-state index in [2.05, 4.69) is 4.72 Å². The molecule has 0 radical (unpaired) electrons. The van der Waals surface area contributed by atoms with Gasteiger partial charge in [-0.1, -0.05) is 19.3 Å². The molecule has 0 saturated heterocycles. The fraction of sp³-hybridized carbons (Fsp3) is 1.00. The Morgan fingerprint density at radius 3 is 2.50 bits per heavy atom. The van der Waals surface area contributed by atoms with Crippen molar-refractivity contribution in [3.8, 4) is 0 Å². The summed E-state index contributed by atoms with van der Waals surface area (Å²) in [5.74, 6) is 0.458. The van der Waals surface area contributed by atoms with Crippen molar-refractivity contribution in [1.82, 2.24) is 9.03 Å². The minimum atomic E-state index is -3.41. The van der Waals surface area contributed by atoms with Crippen LogP contribution in [0.5, 0.6) is 0 Å². The van der Waals surface area contributed by atoms with E-state index in [9.17, 15) is 8.42 Å². The minimum absolute atomic E-state index is 0.00752. The minimum Gasteiger partial charge on any atom is -0.396 e. The zero-order chi connectivity index (χ0) is 13.6. The second-order valence-corrected chi connectivity index (χ2v) is 7.02. The number of aliphatic hydroxyl groups excluding tert-OH is 1. The lowest BCUT2D eigenvalue weighted by Gasteiger charge is -2.29. The third-order valence-corrected chi connectivity index (χ3v) is 5.41. The first kappa shape index (κ1) is 15.9. The topological polar surface area (TPSA) is 69.6 Å². The Labute approximate surface area is 111 Å². The van der Waals surface area contributed by atoms with Gasteiger partial charge in [0.2, 0.25) is 0 Å². The molecule has 0 amide bonds. The van der Waals surface area contributed by atoms with Gasteiger partial charge in [0.15, 0.2) is 0 Å². The first-order valence-electron chi connectivity index (χ1n) is 6.82. The Bertz CT molecular complexity index is 326. The molecule has 2 N–H and O–H groups in total. The van der Waals surface area contributed by atoms with Crippen molar-refractivity contribution in [1.29, 1.82) is 0 Å². The lowest BCUT2D eigenvalue weighted by atomic mass is 9.85. The molecule has 5 nitrogen and oxygen atoms in total. The Morgan fingerprint density at radius 2 is 1.94 bits per heavy atom. The predicted octanol–water partition coefficient (Wildman–Crippen LogP) is 1.10. The summed E-state index contributed by atoms with van der Waals surface area (Å²) in [6.07, 6.45) is 6.38. The van der Waals surface area contributed by atoms with Crippen molar-refractivity contribution >= 4 is 10.2 Å². The van der Waals surface area contributed by atoms with Crippen LogP contribution in [-0.2, 0) is 10.2 Å². The van der Waals surface area contributed by atoms with Gasteiger partial charge < -0.3 is 5.11 Å². The van der Waals surface area contributed by atoms with Crippen LogP contribution >= 0.6 is 0 Å². The van der Waals surface area contributed by atoms with Crippen molar-refractivity contribution in [2.24, 2.45) is 5.92 Å². The zero-order valence-corrected chi connectivity index (χ0v) is 12.2. The van der Waals surface area contributed by atoms with E-state index in [4.69, 9.17) is 5.11 Å². The van der Waals surface area contributed by atoms with Crippen LogP contribution in [0.2, 0.25) is 0 Å². The summed E-state index contributed by atoms with van der Waals surface area (Å²) in [6.45, 7) is 2.31. The highest BCUT2D eigenvalue weighted by Crippen LogP contribution is 2.26. The highest BCUT2D eigenvalue weighted by molar-refractivity contribution is 7.87. The molecule has 0 aromatic heterocycles. The Kier molecular flexibility index (Phi) is 6.55. The van der Waals surface area contributed by atoms with Crippen LogP contribution < -0.4 is 4.72 Å². The molecule has 18 heavy (non-hydrogen) atoms. The highest BCUT2D eigenvalue weighted by atomic mass is 32.2. The van der Waals surface area contributed by atoms with E-state index >= 15 is 0 Å². The molecule has 0 aromatic carbocycles. The van der Waals surface area contributed by atoms with Crippen molar-refractivity contribution in [3.05, 3.63) is 0 Å². The smallest absolute Gasteiger partial charge is 0.279 e. The number of aliphatic hydroxyl groups is 1. The van der Waals surface area contributed by atoms with E-state index in [-0.39, 0.29) is 12.6 Å².